The monoisotopic (exact) mass is 297 g/mol. The molecule has 82 valence electrons. The summed E-state index contributed by atoms with van der Waals surface area (Å²) in [5.74, 6) is 1.24. The molecule has 1 saturated carbocycles. The highest BCUT2D eigenvalue weighted by Crippen LogP contribution is 2.42. The maximum Gasteiger partial charge on any atom is 0.161 e. The SMILES string of the molecule is S=c1nc(-c2cn[nH]n2)[nH]c(C2CC2)c1Br. The van der Waals surface area contributed by atoms with E-state index >= 15 is 0 Å². The molecule has 2 heterocycles. The molecule has 2 N–H and O–H groups in total. The minimum atomic E-state index is 0.568. The van der Waals surface area contributed by atoms with E-state index in [0.29, 0.717) is 22.1 Å². The zero-order valence-corrected chi connectivity index (χ0v) is 10.6. The van der Waals surface area contributed by atoms with E-state index in [1.54, 1.807) is 6.20 Å². The largest absolute Gasteiger partial charge is 0.340 e. The van der Waals surface area contributed by atoms with Crippen molar-refractivity contribution in [2.24, 2.45) is 0 Å². The van der Waals surface area contributed by atoms with E-state index in [-0.39, 0.29) is 0 Å². The van der Waals surface area contributed by atoms with E-state index in [1.807, 2.05) is 0 Å². The smallest absolute Gasteiger partial charge is 0.161 e. The van der Waals surface area contributed by atoms with Gasteiger partial charge in [-0.05, 0) is 28.8 Å². The Bertz CT molecular complexity index is 572. The molecule has 7 heteroatoms. The normalized spacial score (nSPS) is 15.3. The second-order valence-corrected chi connectivity index (χ2v) is 4.93. The number of aromatic amines is 2. The molecule has 16 heavy (non-hydrogen) atoms. The van der Waals surface area contributed by atoms with Crippen LogP contribution >= 0.6 is 28.1 Å². The Labute approximate surface area is 105 Å². The first-order chi connectivity index (χ1) is 7.75. The van der Waals surface area contributed by atoms with Gasteiger partial charge in [0.15, 0.2) is 5.82 Å². The highest BCUT2D eigenvalue weighted by Gasteiger charge is 2.27. The number of nitrogens with one attached hydrogen (secondary N) is 2. The number of H-pyrrole nitrogens is 2. The number of halogens is 1. The van der Waals surface area contributed by atoms with E-state index in [2.05, 4.69) is 41.3 Å². The van der Waals surface area contributed by atoms with E-state index in [0.717, 1.165) is 10.2 Å². The molecule has 2 aromatic heterocycles. The molecule has 1 aliphatic rings. The van der Waals surface area contributed by atoms with Gasteiger partial charge in [0.25, 0.3) is 0 Å². The van der Waals surface area contributed by atoms with E-state index < -0.39 is 0 Å². The predicted molar refractivity (Wildman–Crippen MR) is 64.5 cm³/mol. The molecule has 0 radical (unpaired) electrons. The van der Waals surface area contributed by atoms with Crippen LogP contribution in [0.25, 0.3) is 11.5 Å². The summed E-state index contributed by atoms with van der Waals surface area (Å²) in [6.07, 6.45) is 4.02. The first-order valence-corrected chi connectivity index (χ1v) is 6.11. The molecule has 5 nitrogen and oxygen atoms in total. The first kappa shape index (κ1) is 10.1. The summed E-state index contributed by atoms with van der Waals surface area (Å²) in [4.78, 5) is 7.55. The first-order valence-electron chi connectivity index (χ1n) is 4.91. The maximum absolute atomic E-state index is 5.21. The molecule has 0 unspecified atom stereocenters. The Balaban J connectivity index is 2.17. The minimum Gasteiger partial charge on any atom is -0.340 e. The third kappa shape index (κ3) is 1.69. The molecule has 0 saturated heterocycles. The number of nitrogens with zero attached hydrogens (tertiary/aromatic N) is 3. The van der Waals surface area contributed by atoms with Crippen LogP contribution in [0.4, 0.5) is 0 Å². The summed E-state index contributed by atoms with van der Waals surface area (Å²) in [5.41, 5.74) is 1.80. The van der Waals surface area contributed by atoms with Crippen LogP contribution in [-0.4, -0.2) is 25.4 Å². The minimum absolute atomic E-state index is 0.568. The molecule has 0 bridgehead atoms. The standard InChI is InChI=1S/C9H8BrN5S/c10-6-7(4-1-2-4)12-8(13-9(6)16)5-3-11-15-14-5/h3-4H,1-2H2,(H,11,14,15)(H,12,13,16). The summed E-state index contributed by atoms with van der Waals surface area (Å²) >= 11 is 8.69. The van der Waals surface area contributed by atoms with Crippen LogP contribution in [0.5, 0.6) is 0 Å². The van der Waals surface area contributed by atoms with Crippen LogP contribution < -0.4 is 0 Å². The third-order valence-corrected chi connectivity index (χ3v) is 3.89. The number of rotatable bonds is 2. The topological polar surface area (TPSA) is 70.2 Å². The Morgan fingerprint density at radius 1 is 1.44 bits per heavy atom. The Morgan fingerprint density at radius 3 is 2.88 bits per heavy atom. The van der Waals surface area contributed by atoms with Crippen molar-refractivity contribution < 1.29 is 0 Å². The van der Waals surface area contributed by atoms with Gasteiger partial charge >= 0.3 is 0 Å². The summed E-state index contributed by atoms with van der Waals surface area (Å²) in [6.45, 7) is 0. The van der Waals surface area contributed by atoms with Crippen LogP contribution in [0.2, 0.25) is 0 Å². The van der Waals surface area contributed by atoms with Crippen molar-refractivity contribution >= 4 is 28.1 Å². The lowest BCUT2D eigenvalue weighted by atomic mass is 10.3. The summed E-state index contributed by atoms with van der Waals surface area (Å²) < 4.78 is 1.47. The molecule has 0 aliphatic heterocycles. The van der Waals surface area contributed by atoms with Crippen molar-refractivity contribution in [3.05, 3.63) is 21.0 Å². The predicted octanol–water partition coefficient (Wildman–Crippen LogP) is 2.56. The van der Waals surface area contributed by atoms with Crippen LogP contribution in [-0.2, 0) is 0 Å². The lowest BCUT2D eigenvalue weighted by Gasteiger charge is -2.05. The molecule has 2 aromatic rings. The molecule has 3 rings (SSSR count). The van der Waals surface area contributed by atoms with Crippen molar-refractivity contribution in [2.75, 3.05) is 0 Å². The van der Waals surface area contributed by atoms with Gasteiger partial charge in [-0.15, -0.1) is 0 Å². The lowest BCUT2D eigenvalue weighted by Crippen LogP contribution is -1.97. The van der Waals surface area contributed by atoms with Crippen molar-refractivity contribution in [2.45, 2.75) is 18.8 Å². The average Bonchev–Trinajstić information content (AvgIpc) is 2.96. The number of hydrogen-bond donors (Lipinski definition) is 2. The fourth-order valence-corrected chi connectivity index (χ4v) is 2.28. The average molecular weight is 298 g/mol. The molecule has 0 aromatic carbocycles. The second kappa shape index (κ2) is 3.74. The zero-order chi connectivity index (χ0) is 11.1. The van der Waals surface area contributed by atoms with E-state index in [1.165, 1.54) is 12.8 Å². The van der Waals surface area contributed by atoms with Crippen LogP contribution in [0, 0.1) is 4.64 Å². The molecule has 1 fully saturated rings. The Hall–Kier alpha value is -1.08. The fraction of sp³-hybridized carbons (Fsp3) is 0.333. The fourth-order valence-electron chi connectivity index (χ4n) is 1.57. The Morgan fingerprint density at radius 2 is 2.25 bits per heavy atom. The molecule has 1 aliphatic carbocycles. The van der Waals surface area contributed by atoms with E-state index in [4.69, 9.17) is 12.2 Å². The second-order valence-electron chi connectivity index (χ2n) is 3.75. The van der Waals surface area contributed by atoms with Gasteiger partial charge in [-0.3, -0.25) is 0 Å². The van der Waals surface area contributed by atoms with Crippen molar-refractivity contribution in [1.82, 2.24) is 25.4 Å². The van der Waals surface area contributed by atoms with Gasteiger partial charge in [-0.25, -0.2) is 4.98 Å². The van der Waals surface area contributed by atoms with Gasteiger partial charge < -0.3 is 4.98 Å². The van der Waals surface area contributed by atoms with Gasteiger partial charge in [-0.1, -0.05) is 12.2 Å². The molecular formula is C9H8BrN5S. The molecule has 0 spiro atoms. The maximum atomic E-state index is 5.21. The molecule has 0 amide bonds. The van der Waals surface area contributed by atoms with Crippen LogP contribution in [0.3, 0.4) is 0 Å². The number of hydrogen-bond acceptors (Lipinski definition) is 4. The number of aromatic nitrogens is 5. The lowest BCUT2D eigenvalue weighted by molar-refractivity contribution is 0.929. The summed E-state index contributed by atoms with van der Waals surface area (Å²) in [5, 5.41) is 10.3. The van der Waals surface area contributed by atoms with Gasteiger partial charge in [-0.2, -0.15) is 15.4 Å². The summed E-state index contributed by atoms with van der Waals surface area (Å²) in [7, 11) is 0. The third-order valence-electron chi connectivity index (χ3n) is 2.53. The van der Waals surface area contributed by atoms with Crippen LogP contribution in [0.1, 0.15) is 24.5 Å². The van der Waals surface area contributed by atoms with Crippen LogP contribution in [0.15, 0.2) is 10.7 Å². The van der Waals surface area contributed by atoms with E-state index in [9.17, 15) is 0 Å². The van der Waals surface area contributed by atoms with Crippen molar-refractivity contribution in [3.8, 4) is 11.5 Å². The highest BCUT2D eigenvalue weighted by atomic mass is 79.9. The zero-order valence-electron chi connectivity index (χ0n) is 8.20. The molecule has 0 atom stereocenters. The van der Waals surface area contributed by atoms with Gasteiger partial charge in [0.2, 0.25) is 0 Å². The molecular weight excluding hydrogens is 290 g/mol. The summed E-state index contributed by atoms with van der Waals surface area (Å²) in [6, 6.07) is 0. The van der Waals surface area contributed by atoms with Crippen molar-refractivity contribution in [3.63, 3.8) is 0 Å². The van der Waals surface area contributed by atoms with Gasteiger partial charge in [0.1, 0.15) is 10.3 Å². The highest BCUT2D eigenvalue weighted by molar-refractivity contribution is 9.10. The quantitative estimate of drug-likeness (QED) is 0.836. The van der Waals surface area contributed by atoms with Crippen molar-refractivity contribution in [1.29, 1.82) is 0 Å². The van der Waals surface area contributed by atoms with Gasteiger partial charge in [0, 0.05) is 11.6 Å². The Kier molecular flexibility index (Phi) is 2.36. The van der Waals surface area contributed by atoms with Gasteiger partial charge in [0.05, 0.1) is 10.7 Å².